The monoisotopic (exact) mass is 226 g/mol. The first-order chi connectivity index (χ1) is 7.77. The summed E-state index contributed by atoms with van der Waals surface area (Å²) in [5.41, 5.74) is 0. The zero-order chi connectivity index (χ0) is 11.8. The lowest BCUT2D eigenvalue weighted by Crippen LogP contribution is -2.40. The minimum atomic E-state index is 0.259. The van der Waals surface area contributed by atoms with Crippen LogP contribution in [-0.2, 0) is 4.79 Å². The van der Waals surface area contributed by atoms with E-state index in [0.717, 1.165) is 25.4 Å². The molecule has 0 unspecified atom stereocenters. The van der Waals surface area contributed by atoms with E-state index in [0.29, 0.717) is 6.54 Å². The second-order valence-corrected chi connectivity index (χ2v) is 4.87. The number of carbonyl (C=O) groups excluding carboxylic acids is 1. The van der Waals surface area contributed by atoms with E-state index in [4.69, 9.17) is 0 Å². The van der Waals surface area contributed by atoms with Crippen LogP contribution in [-0.4, -0.2) is 37.5 Å². The van der Waals surface area contributed by atoms with E-state index in [1.165, 1.54) is 32.1 Å². The van der Waals surface area contributed by atoms with Crippen molar-refractivity contribution in [3.05, 3.63) is 0 Å². The van der Waals surface area contributed by atoms with Gasteiger partial charge in [0.25, 0.3) is 0 Å². The summed E-state index contributed by atoms with van der Waals surface area (Å²) in [5.74, 6) is 1.01. The average molecular weight is 226 g/mol. The van der Waals surface area contributed by atoms with Crippen molar-refractivity contribution in [2.75, 3.05) is 26.7 Å². The van der Waals surface area contributed by atoms with Crippen molar-refractivity contribution in [3.63, 3.8) is 0 Å². The number of nitrogens with one attached hydrogen (secondary N) is 1. The third kappa shape index (κ3) is 4.52. The van der Waals surface area contributed by atoms with Crippen LogP contribution in [0.25, 0.3) is 0 Å². The van der Waals surface area contributed by atoms with E-state index in [1.54, 1.807) is 0 Å². The third-order valence-electron chi connectivity index (χ3n) is 3.38. The summed E-state index contributed by atoms with van der Waals surface area (Å²) in [5, 5.41) is 2.95. The first-order valence-corrected chi connectivity index (χ1v) is 6.70. The van der Waals surface area contributed by atoms with Gasteiger partial charge in [0.1, 0.15) is 0 Å². The fourth-order valence-electron chi connectivity index (χ4n) is 2.53. The molecule has 0 spiro atoms. The van der Waals surface area contributed by atoms with Gasteiger partial charge in [0.05, 0.1) is 6.54 Å². The quantitative estimate of drug-likeness (QED) is 0.751. The molecule has 1 aliphatic rings. The first-order valence-electron chi connectivity index (χ1n) is 6.70. The Morgan fingerprint density at radius 2 is 2.00 bits per heavy atom. The standard InChI is InChI=1S/C13H26N2O/c1-3-9-15(13(16)10-14-2)11-12-7-5-4-6-8-12/h12,14H,3-11H2,1-2H3. The molecular weight excluding hydrogens is 200 g/mol. The lowest BCUT2D eigenvalue weighted by molar-refractivity contribution is -0.131. The van der Waals surface area contributed by atoms with Crippen molar-refractivity contribution in [2.45, 2.75) is 45.4 Å². The molecule has 3 nitrogen and oxygen atoms in total. The predicted octanol–water partition coefficient (Wildman–Crippen LogP) is 2.02. The van der Waals surface area contributed by atoms with Gasteiger partial charge in [0.15, 0.2) is 0 Å². The molecule has 0 aromatic rings. The van der Waals surface area contributed by atoms with Crippen molar-refractivity contribution in [1.82, 2.24) is 10.2 Å². The van der Waals surface area contributed by atoms with E-state index < -0.39 is 0 Å². The number of carbonyl (C=O) groups is 1. The fraction of sp³-hybridized carbons (Fsp3) is 0.923. The maximum atomic E-state index is 11.9. The number of rotatable bonds is 6. The molecule has 16 heavy (non-hydrogen) atoms. The van der Waals surface area contributed by atoms with Crippen LogP contribution in [0.2, 0.25) is 0 Å². The third-order valence-corrected chi connectivity index (χ3v) is 3.38. The molecule has 1 N–H and O–H groups in total. The Bertz CT molecular complexity index is 200. The van der Waals surface area contributed by atoms with Gasteiger partial charge in [-0.2, -0.15) is 0 Å². The van der Waals surface area contributed by atoms with E-state index in [-0.39, 0.29) is 5.91 Å². The van der Waals surface area contributed by atoms with Gasteiger partial charge in [-0.25, -0.2) is 0 Å². The van der Waals surface area contributed by atoms with Crippen molar-refractivity contribution < 1.29 is 4.79 Å². The van der Waals surface area contributed by atoms with Crippen molar-refractivity contribution in [1.29, 1.82) is 0 Å². The van der Waals surface area contributed by atoms with Crippen LogP contribution >= 0.6 is 0 Å². The number of nitrogens with zero attached hydrogens (tertiary/aromatic N) is 1. The van der Waals surface area contributed by atoms with Crippen molar-refractivity contribution in [3.8, 4) is 0 Å². The topological polar surface area (TPSA) is 32.3 Å². The van der Waals surface area contributed by atoms with Gasteiger partial charge in [-0.3, -0.25) is 4.79 Å². The van der Waals surface area contributed by atoms with E-state index >= 15 is 0 Å². The molecular formula is C13H26N2O. The lowest BCUT2D eigenvalue weighted by atomic mass is 9.89. The zero-order valence-corrected chi connectivity index (χ0v) is 10.8. The Morgan fingerprint density at radius 1 is 1.31 bits per heavy atom. The molecule has 1 aliphatic carbocycles. The summed E-state index contributed by atoms with van der Waals surface area (Å²) in [7, 11) is 1.84. The molecule has 1 fully saturated rings. The highest BCUT2D eigenvalue weighted by Gasteiger charge is 2.19. The molecule has 0 aromatic heterocycles. The molecule has 94 valence electrons. The second kappa shape index (κ2) is 7.66. The summed E-state index contributed by atoms with van der Waals surface area (Å²) >= 11 is 0. The minimum Gasteiger partial charge on any atom is -0.341 e. The van der Waals surface area contributed by atoms with Crippen molar-refractivity contribution in [2.24, 2.45) is 5.92 Å². The Balaban J connectivity index is 2.39. The number of hydrogen-bond acceptors (Lipinski definition) is 2. The summed E-state index contributed by atoms with van der Waals surface area (Å²) < 4.78 is 0. The summed E-state index contributed by atoms with van der Waals surface area (Å²) in [6.07, 6.45) is 7.77. The van der Waals surface area contributed by atoms with Crippen molar-refractivity contribution >= 4 is 5.91 Å². The normalized spacial score (nSPS) is 17.4. The Morgan fingerprint density at radius 3 is 2.56 bits per heavy atom. The predicted molar refractivity (Wildman–Crippen MR) is 67.4 cm³/mol. The number of hydrogen-bond donors (Lipinski definition) is 1. The van der Waals surface area contributed by atoms with Gasteiger partial charge in [0, 0.05) is 13.1 Å². The number of amides is 1. The van der Waals surface area contributed by atoms with Gasteiger partial charge >= 0.3 is 0 Å². The SMILES string of the molecule is CCCN(CC1CCCCC1)C(=O)CNC. The van der Waals surface area contributed by atoms with Gasteiger partial charge in [-0.05, 0) is 32.2 Å². The van der Waals surface area contributed by atoms with E-state index in [2.05, 4.69) is 12.2 Å². The van der Waals surface area contributed by atoms with E-state index in [1.807, 2.05) is 11.9 Å². The van der Waals surface area contributed by atoms with Crippen LogP contribution in [0.4, 0.5) is 0 Å². The summed E-state index contributed by atoms with van der Waals surface area (Å²) in [6.45, 7) is 4.51. The van der Waals surface area contributed by atoms with Crippen LogP contribution in [0.3, 0.4) is 0 Å². The molecule has 1 amide bonds. The van der Waals surface area contributed by atoms with Gasteiger partial charge in [-0.15, -0.1) is 0 Å². The van der Waals surface area contributed by atoms with Gasteiger partial charge < -0.3 is 10.2 Å². The largest absolute Gasteiger partial charge is 0.341 e. The molecule has 0 aromatic carbocycles. The Labute approximate surface area is 99.6 Å². The average Bonchev–Trinajstić information content (AvgIpc) is 2.30. The van der Waals surface area contributed by atoms with Crippen LogP contribution in [0.5, 0.6) is 0 Å². The summed E-state index contributed by atoms with van der Waals surface area (Å²) in [6, 6.07) is 0. The fourth-order valence-corrected chi connectivity index (χ4v) is 2.53. The highest BCUT2D eigenvalue weighted by Crippen LogP contribution is 2.24. The van der Waals surface area contributed by atoms with Gasteiger partial charge in [0.2, 0.25) is 5.91 Å². The molecule has 0 aliphatic heterocycles. The molecule has 0 saturated heterocycles. The van der Waals surface area contributed by atoms with Crippen LogP contribution in [0.15, 0.2) is 0 Å². The lowest BCUT2D eigenvalue weighted by Gasteiger charge is -2.29. The summed E-state index contributed by atoms with van der Waals surface area (Å²) in [4.78, 5) is 13.9. The van der Waals surface area contributed by atoms with Crippen LogP contribution < -0.4 is 5.32 Å². The molecule has 0 bridgehead atoms. The molecule has 1 saturated carbocycles. The van der Waals surface area contributed by atoms with Crippen LogP contribution in [0, 0.1) is 5.92 Å². The smallest absolute Gasteiger partial charge is 0.236 e. The Kier molecular flexibility index (Phi) is 6.46. The maximum Gasteiger partial charge on any atom is 0.236 e. The van der Waals surface area contributed by atoms with E-state index in [9.17, 15) is 4.79 Å². The highest BCUT2D eigenvalue weighted by atomic mass is 16.2. The van der Waals surface area contributed by atoms with Gasteiger partial charge in [-0.1, -0.05) is 26.2 Å². The zero-order valence-electron chi connectivity index (χ0n) is 10.8. The number of likely N-dealkylation sites (N-methyl/N-ethyl adjacent to an activating group) is 1. The second-order valence-electron chi connectivity index (χ2n) is 4.87. The Hall–Kier alpha value is -0.570. The molecule has 0 radical (unpaired) electrons. The maximum absolute atomic E-state index is 11.9. The molecule has 0 heterocycles. The molecule has 0 atom stereocenters. The molecule has 3 heteroatoms. The van der Waals surface area contributed by atoms with Crippen LogP contribution in [0.1, 0.15) is 45.4 Å². The minimum absolute atomic E-state index is 0.259. The molecule has 1 rings (SSSR count). The highest BCUT2D eigenvalue weighted by molar-refractivity contribution is 5.78. The first kappa shape index (κ1) is 13.5.